The van der Waals surface area contributed by atoms with Crippen LogP contribution in [-0.2, 0) is 11.3 Å². The van der Waals surface area contributed by atoms with Gasteiger partial charge in [0.05, 0.1) is 11.5 Å². The summed E-state index contributed by atoms with van der Waals surface area (Å²) in [6.07, 6.45) is 3.58. The predicted octanol–water partition coefficient (Wildman–Crippen LogP) is 2.59. The molecule has 1 aromatic heterocycles. The van der Waals surface area contributed by atoms with Crippen molar-refractivity contribution in [2.45, 2.75) is 72.0 Å². The highest BCUT2D eigenvalue weighted by molar-refractivity contribution is 5.76. The molecule has 1 fully saturated rings. The molecule has 2 rings (SSSR count). The fourth-order valence-corrected chi connectivity index (χ4v) is 3.41. The number of aryl methyl sites for hydroxylation is 2. The topological polar surface area (TPSA) is 81.3 Å². The van der Waals surface area contributed by atoms with Gasteiger partial charge in [0.1, 0.15) is 11.4 Å². The number of piperidine rings is 1. The van der Waals surface area contributed by atoms with E-state index in [1.807, 2.05) is 4.90 Å². The second-order valence-corrected chi connectivity index (χ2v) is 6.18. The third kappa shape index (κ3) is 3.13. The molecule has 0 radical (unpaired) electrons. The van der Waals surface area contributed by atoms with E-state index < -0.39 is 4.92 Å². The van der Waals surface area contributed by atoms with Crippen molar-refractivity contribution < 1.29 is 9.72 Å². The molecule has 7 heteroatoms. The van der Waals surface area contributed by atoms with E-state index in [4.69, 9.17) is 0 Å². The van der Waals surface area contributed by atoms with Crippen LogP contribution >= 0.6 is 0 Å². The molecule has 0 bridgehead atoms. The summed E-state index contributed by atoms with van der Waals surface area (Å²) in [4.78, 5) is 25.0. The number of nitro groups is 1. The Labute approximate surface area is 130 Å². The summed E-state index contributed by atoms with van der Waals surface area (Å²) in [5, 5.41) is 15.2. The minimum atomic E-state index is -0.412. The lowest BCUT2D eigenvalue weighted by Crippen LogP contribution is -2.47. The lowest BCUT2D eigenvalue weighted by atomic mass is 9.97. The van der Waals surface area contributed by atoms with E-state index in [1.54, 1.807) is 18.5 Å². The highest BCUT2D eigenvalue weighted by atomic mass is 16.6. The van der Waals surface area contributed by atoms with Crippen LogP contribution in [0, 0.1) is 24.0 Å². The van der Waals surface area contributed by atoms with Crippen LogP contribution in [0.3, 0.4) is 0 Å². The monoisotopic (exact) mass is 308 g/mol. The summed E-state index contributed by atoms with van der Waals surface area (Å²) >= 11 is 0. The van der Waals surface area contributed by atoms with Crippen molar-refractivity contribution in [3.63, 3.8) is 0 Å². The molecule has 0 unspecified atom stereocenters. The zero-order chi connectivity index (χ0) is 16.4. The first-order valence-electron chi connectivity index (χ1n) is 7.82. The molecule has 22 heavy (non-hydrogen) atoms. The van der Waals surface area contributed by atoms with E-state index in [0.717, 1.165) is 19.3 Å². The normalized spacial score (nSPS) is 21.9. The number of nitrogens with zero attached hydrogens (tertiary/aromatic N) is 4. The maximum Gasteiger partial charge on any atom is 0.312 e. The minimum absolute atomic E-state index is 0.0483. The van der Waals surface area contributed by atoms with Crippen LogP contribution < -0.4 is 0 Å². The van der Waals surface area contributed by atoms with Crippen molar-refractivity contribution >= 4 is 11.6 Å². The van der Waals surface area contributed by atoms with E-state index in [1.165, 1.54) is 0 Å². The summed E-state index contributed by atoms with van der Waals surface area (Å²) in [5.74, 6) is 0.106. The van der Waals surface area contributed by atoms with Crippen LogP contribution in [0.5, 0.6) is 0 Å². The van der Waals surface area contributed by atoms with Crippen LogP contribution in [0.15, 0.2) is 0 Å². The van der Waals surface area contributed by atoms with Gasteiger partial charge >= 0.3 is 5.69 Å². The molecule has 1 aliphatic rings. The molecule has 0 saturated carbocycles. The highest BCUT2D eigenvalue weighted by Gasteiger charge is 2.29. The largest absolute Gasteiger partial charge is 0.337 e. The lowest BCUT2D eigenvalue weighted by Gasteiger charge is -2.39. The first kappa shape index (κ1) is 16.5. The summed E-state index contributed by atoms with van der Waals surface area (Å²) in [6.45, 7) is 7.85. The molecule has 0 aromatic carbocycles. The average Bonchev–Trinajstić information content (AvgIpc) is 2.70. The molecule has 1 amide bonds. The van der Waals surface area contributed by atoms with Gasteiger partial charge in [0, 0.05) is 18.5 Å². The summed E-state index contributed by atoms with van der Waals surface area (Å²) in [7, 11) is 0. The highest BCUT2D eigenvalue weighted by Crippen LogP contribution is 2.24. The second-order valence-electron chi connectivity index (χ2n) is 6.18. The van der Waals surface area contributed by atoms with Crippen LogP contribution in [0.2, 0.25) is 0 Å². The Morgan fingerprint density at radius 1 is 1.32 bits per heavy atom. The van der Waals surface area contributed by atoms with Gasteiger partial charge in [-0.2, -0.15) is 5.10 Å². The molecule has 1 saturated heterocycles. The molecule has 1 aliphatic heterocycles. The molecule has 0 N–H and O–H groups in total. The van der Waals surface area contributed by atoms with Gasteiger partial charge in [0.15, 0.2) is 0 Å². The van der Waals surface area contributed by atoms with Crippen molar-refractivity contribution in [1.82, 2.24) is 14.7 Å². The maximum atomic E-state index is 12.5. The van der Waals surface area contributed by atoms with Crippen LogP contribution in [-0.4, -0.2) is 37.6 Å². The SMILES string of the molecule is Cc1nn(CCC(=O)N2[C@H](C)CCC[C@@H]2C)c(C)c1[N+](=O)[O-]. The molecular formula is C15H24N4O3. The lowest BCUT2D eigenvalue weighted by molar-refractivity contribution is -0.386. The number of aromatic nitrogens is 2. The molecule has 1 aromatic rings. The van der Waals surface area contributed by atoms with Crippen molar-refractivity contribution in [3.05, 3.63) is 21.5 Å². The van der Waals surface area contributed by atoms with E-state index in [9.17, 15) is 14.9 Å². The summed E-state index contributed by atoms with van der Waals surface area (Å²) in [6, 6.07) is 0.539. The fraction of sp³-hybridized carbons (Fsp3) is 0.733. The third-order valence-electron chi connectivity index (χ3n) is 4.54. The standard InChI is InChI=1S/C15H24N4O3/c1-10-6-5-7-11(2)18(10)14(20)8-9-17-13(4)15(19(21)22)12(3)16-17/h10-11H,5-9H2,1-4H3/t10-,11+. The quantitative estimate of drug-likeness (QED) is 0.632. The molecule has 0 aliphatic carbocycles. The number of hydrogen-bond donors (Lipinski definition) is 0. The molecule has 7 nitrogen and oxygen atoms in total. The van der Waals surface area contributed by atoms with Crippen molar-refractivity contribution in [2.24, 2.45) is 0 Å². The zero-order valence-corrected chi connectivity index (χ0v) is 13.7. The molecule has 2 atom stereocenters. The second kappa shape index (κ2) is 6.46. The minimum Gasteiger partial charge on any atom is -0.337 e. The van der Waals surface area contributed by atoms with Gasteiger partial charge in [0.25, 0.3) is 0 Å². The Morgan fingerprint density at radius 2 is 1.91 bits per heavy atom. The van der Waals surface area contributed by atoms with Gasteiger partial charge in [0.2, 0.25) is 5.91 Å². The van der Waals surface area contributed by atoms with Gasteiger partial charge in [-0.15, -0.1) is 0 Å². The molecule has 0 spiro atoms. The smallest absolute Gasteiger partial charge is 0.312 e. The van der Waals surface area contributed by atoms with Crippen molar-refractivity contribution in [2.75, 3.05) is 0 Å². The molecule has 2 heterocycles. The van der Waals surface area contributed by atoms with Crippen molar-refractivity contribution in [3.8, 4) is 0 Å². The van der Waals surface area contributed by atoms with E-state index >= 15 is 0 Å². The van der Waals surface area contributed by atoms with Gasteiger partial charge < -0.3 is 4.90 Å². The predicted molar refractivity (Wildman–Crippen MR) is 82.6 cm³/mol. The average molecular weight is 308 g/mol. The Bertz CT molecular complexity index is 572. The Morgan fingerprint density at radius 3 is 2.41 bits per heavy atom. The number of carbonyl (C=O) groups excluding carboxylic acids is 1. The Hall–Kier alpha value is -1.92. The Kier molecular flexibility index (Phi) is 4.83. The molecule has 122 valence electrons. The molecular weight excluding hydrogens is 284 g/mol. The number of amides is 1. The van der Waals surface area contributed by atoms with Crippen LogP contribution in [0.25, 0.3) is 0 Å². The van der Waals surface area contributed by atoms with E-state index in [-0.39, 0.29) is 23.7 Å². The first-order valence-corrected chi connectivity index (χ1v) is 7.82. The fourth-order valence-electron chi connectivity index (χ4n) is 3.41. The van der Waals surface area contributed by atoms with Gasteiger partial charge in [-0.25, -0.2) is 0 Å². The van der Waals surface area contributed by atoms with Gasteiger partial charge in [-0.05, 0) is 47.0 Å². The first-order chi connectivity index (χ1) is 10.3. The summed E-state index contributed by atoms with van der Waals surface area (Å²) in [5.41, 5.74) is 0.955. The summed E-state index contributed by atoms with van der Waals surface area (Å²) < 4.78 is 1.57. The van der Waals surface area contributed by atoms with E-state index in [2.05, 4.69) is 18.9 Å². The van der Waals surface area contributed by atoms with Gasteiger partial charge in [-0.1, -0.05) is 0 Å². The number of rotatable bonds is 4. The maximum absolute atomic E-state index is 12.5. The Balaban J connectivity index is 2.05. The zero-order valence-electron chi connectivity index (χ0n) is 13.7. The number of likely N-dealkylation sites (tertiary alicyclic amines) is 1. The van der Waals surface area contributed by atoms with Crippen LogP contribution in [0.1, 0.15) is 50.9 Å². The van der Waals surface area contributed by atoms with Crippen molar-refractivity contribution in [1.29, 1.82) is 0 Å². The number of carbonyl (C=O) groups is 1. The number of hydrogen-bond acceptors (Lipinski definition) is 4. The van der Waals surface area contributed by atoms with Crippen LogP contribution in [0.4, 0.5) is 5.69 Å². The van der Waals surface area contributed by atoms with E-state index in [0.29, 0.717) is 24.4 Å². The third-order valence-corrected chi connectivity index (χ3v) is 4.54. The van der Waals surface area contributed by atoms with Gasteiger partial charge in [-0.3, -0.25) is 19.6 Å².